The molecule has 6 N–H and O–H groups in total. The topological polar surface area (TPSA) is 250 Å². The molecule has 14 rings (SSSR count). The summed E-state index contributed by atoms with van der Waals surface area (Å²) in [4.78, 5) is 25.1. The molecule has 0 saturated heterocycles. The van der Waals surface area contributed by atoms with Crippen molar-refractivity contribution in [1.82, 2.24) is 9.97 Å². The van der Waals surface area contributed by atoms with Gasteiger partial charge in [0.25, 0.3) is 0 Å². The minimum atomic E-state index is -3.42. The molecule has 18 heteroatoms. The van der Waals surface area contributed by atoms with Gasteiger partial charge in [0, 0.05) is 0 Å². The van der Waals surface area contributed by atoms with E-state index in [2.05, 4.69) is 125 Å². The van der Waals surface area contributed by atoms with Gasteiger partial charge in [0.05, 0.1) is 67.1 Å². The van der Waals surface area contributed by atoms with E-state index in [1.54, 1.807) is 5.57 Å². The first-order chi connectivity index (χ1) is 62.2. The first kappa shape index (κ1) is 124. The van der Waals surface area contributed by atoms with Crippen molar-refractivity contribution in [3.63, 3.8) is 0 Å². The molecular formula is C119H204N2O12S4. The zero-order valence-electron chi connectivity index (χ0n) is 87.4. The number of para-hydroxylation sites is 2. The number of aromatic nitrogens is 2. The molecule has 2 aromatic carbocycles. The molecule has 0 radical (unpaired) electrons. The fraction of sp³-hybridized carbons (Fsp3) is 0.807. The van der Waals surface area contributed by atoms with Gasteiger partial charge in [-0.3, -0.25) is 0 Å². The highest BCUT2D eigenvalue weighted by molar-refractivity contribution is 7.94. The van der Waals surface area contributed by atoms with Crippen LogP contribution in [0.4, 0.5) is 0 Å². The lowest BCUT2D eigenvalue weighted by Crippen LogP contribution is -2.41. The number of hydrogen-bond donors (Lipinski definition) is 6. The Morgan fingerprint density at radius 3 is 0.956 bits per heavy atom. The number of aliphatic hydroxyl groups excluding tert-OH is 2. The third kappa shape index (κ3) is 33.4. The van der Waals surface area contributed by atoms with Crippen LogP contribution in [0.1, 0.15) is 445 Å². The number of allylic oxidation sites excluding steroid dienone is 5. The van der Waals surface area contributed by atoms with E-state index in [4.69, 9.17) is 9.59 Å². The second-order valence-corrected chi connectivity index (χ2v) is 56.0. The molecule has 4 aromatic rings. The first-order valence-electron chi connectivity index (χ1n) is 53.3. The SMILES string of the molecule is C.C.C.C.CC/C=C1\CCC[C@]2(C)[C@@H]([C@H](C)CCCC(C)(C)O)CC[C@@H]12.C[C@H](CCCC(C)(C)C)[C@H]1CC[C@H]2/C(=C/CS(=O)(=O)c3nc4ccccc4s3)CCC[C@]12C.C[C@H](CCCC(C)(C)O)[C@H]1CC[C@H]2/C(=C/CO)CCC[C@]12C.C[C@H](CCCC(C)(C)O)[C@H]1CC[C@H]2/C(=C/CS(=O)(=O)c3nc4ccccc4s3)CCC[C@]12C.C[C@H](CCCC(C)(C)O)[C@H]1CC[C@H]2[C@@H](O)CCC[C@]12C.O=C=O. The van der Waals surface area contributed by atoms with Gasteiger partial charge in [-0.05, 0) is 394 Å². The fourth-order valence-electron chi connectivity index (χ4n) is 29.5. The summed E-state index contributed by atoms with van der Waals surface area (Å²) in [7, 11) is -6.81. The summed E-state index contributed by atoms with van der Waals surface area (Å²) in [5.74, 6) is 10.8. The summed E-state index contributed by atoms with van der Waals surface area (Å²) < 4.78 is 54.7. The maximum atomic E-state index is 13.1. The third-order valence-electron chi connectivity index (χ3n) is 36.2. The maximum absolute atomic E-state index is 13.1. The number of nitrogens with zero attached hydrogens (tertiary/aromatic N) is 2. The van der Waals surface area contributed by atoms with Gasteiger partial charge in [-0.1, -0.05) is 268 Å². The monoisotopic (exact) mass is 1980 g/mol. The van der Waals surface area contributed by atoms with Crippen molar-refractivity contribution in [2.45, 2.75) is 482 Å². The Kier molecular flexibility index (Phi) is 47.9. The normalized spacial score (nSPS) is 30.9. The molecule has 786 valence electrons. The average molecular weight is 1980 g/mol. The molecule has 2 aromatic heterocycles. The Labute approximate surface area is 846 Å². The van der Waals surface area contributed by atoms with Crippen LogP contribution in [0.25, 0.3) is 20.4 Å². The number of rotatable bonds is 32. The lowest BCUT2D eigenvalue weighted by Gasteiger charge is -2.45. The molecule has 0 bridgehead atoms. The van der Waals surface area contributed by atoms with Crippen molar-refractivity contribution in [2.24, 2.45) is 121 Å². The fourth-order valence-corrected chi connectivity index (χ4v) is 34.5. The number of hydrogen-bond acceptors (Lipinski definition) is 16. The zero-order valence-corrected chi connectivity index (χ0v) is 90.7. The molecular weight excluding hydrogens is 1780 g/mol. The molecule has 0 amide bonds. The Bertz CT molecular complexity index is 4370. The van der Waals surface area contributed by atoms with Gasteiger partial charge in [-0.2, -0.15) is 9.59 Å². The van der Waals surface area contributed by atoms with E-state index >= 15 is 0 Å². The van der Waals surface area contributed by atoms with Gasteiger partial charge in [-0.25, -0.2) is 26.8 Å². The molecule has 10 aliphatic rings. The Morgan fingerprint density at radius 2 is 0.672 bits per heavy atom. The van der Waals surface area contributed by atoms with Crippen molar-refractivity contribution in [2.75, 3.05) is 18.1 Å². The molecule has 14 nitrogen and oxygen atoms in total. The molecule has 0 spiro atoms. The second kappa shape index (κ2) is 53.0. The van der Waals surface area contributed by atoms with Crippen LogP contribution in [-0.4, -0.2) is 110 Å². The number of sulfone groups is 2. The average Bonchev–Trinajstić information content (AvgIpc) is 1.63. The first-order valence-corrected chi connectivity index (χ1v) is 58.2. The summed E-state index contributed by atoms with van der Waals surface area (Å²) in [6.07, 6.45) is 58.3. The smallest absolute Gasteiger partial charge is 0.373 e. The van der Waals surface area contributed by atoms with Crippen LogP contribution in [0.15, 0.2) is 104 Å². The number of thiazole rings is 2. The number of aliphatic hydroxyl groups is 6. The highest BCUT2D eigenvalue weighted by Gasteiger charge is 2.56. The molecule has 10 saturated carbocycles. The highest BCUT2D eigenvalue weighted by Crippen LogP contribution is 2.65. The largest absolute Gasteiger partial charge is 0.393 e. The Hall–Kier alpha value is -3.78. The van der Waals surface area contributed by atoms with Crippen molar-refractivity contribution in [1.29, 1.82) is 0 Å². The van der Waals surface area contributed by atoms with E-state index in [1.165, 1.54) is 226 Å². The number of carbonyl (C=O) groups excluding carboxylic acids is 2. The van der Waals surface area contributed by atoms with Crippen LogP contribution in [-0.2, 0) is 29.3 Å². The molecule has 0 aliphatic heterocycles. The van der Waals surface area contributed by atoms with Crippen LogP contribution in [0.5, 0.6) is 0 Å². The number of fused-ring (bicyclic) bond motifs is 7. The molecule has 137 heavy (non-hydrogen) atoms. The van der Waals surface area contributed by atoms with Gasteiger partial charge >= 0.3 is 6.15 Å². The minimum absolute atomic E-state index is 0. The minimum Gasteiger partial charge on any atom is -0.393 e. The van der Waals surface area contributed by atoms with Gasteiger partial charge < -0.3 is 30.6 Å². The van der Waals surface area contributed by atoms with E-state index in [-0.39, 0.29) is 74.2 Å². The van der Waals surface area contributed by atoms with Gasteiger partial charge in [-0.15, -0.1) is 22.7 Å². The zero-order chi connectivity index (χ0) is 98.1. The van der Waals surface area contributed by atoms with Crippen LogP contribution in [0.3, 0.4) is 0 Å². The lowest BCUT2D eigenvalue weighted by atomic mass is 9.60. The van der Waals surface area contributed by atoms with Crippen molar-refractivity contribution >= 4 is 68.9 Å². The van der Waals surface area contributed by atoms with Crippen molar-refractivity contribution in [3.05, 3.63) is 95.1 Å². The molecule has 2 heterocycles. The summed E-state index contributed by atoms with van der Waals surface area (Å²) in [5.41, 5.74) is 7.83. The third-order valence-corrected chi connectivity index (χ3v) is 42.3. The summed E-state index contributed by atoms with van der Waals surface area (Å²) in [6, 6.07) is 15.3. The molecule has 10 aliphatic carbocycles. The van der Waals surface area contributed by atoms with Crippen LogP contribution >= 0.6 is 22.7 Å². The standard InChI is InChI=1S/C28H41NO2S2.C27H39NO3S2.C21H38O.C20H36O2.C18H34O2.CO2.4CH4/c1-20(10-8-17-27(2,3)4)22-14-15-23-21(11-9-18-28(22,23)5)16-19-33(30,31)26-29-24-12-6-7-13-25(24)32-26;1-19(9-7-16-26(2,3)29)21-13-14-22-20(10-8-17-27(21,22)4)15-18-33(30,31)25-28-23-11-5-6-12-24(23)32-25;1-6-9-17-11-8-15-21(5)18(12-13-19(17)21)16(2)10-7-14-20(3,4)22;1-15(7-5-12-19(2,3)22)17-9-10-18-16(11-14-21)8-6-13-20(17,18)4;1-13(7-5-11-17(2,3)20)14-9-10-15-16(19)8-6-12-18(14,15)4;2-1-3;;;;/h6-7,12-13,16,20,22-23H,8-11,14-15,17-19H2,1-5H3;5-6,11-12,15,19,21-22,29H,7-10,13-14,16-18H2,1-4H3;9,16,18-19,22H,6-8,10-15H2,1-5H3;11,15,17-18,21-22H,5-10,12-14H2,1-4H3;13-16,19-20H,5-12H2,1-4H3;;4*1H4/b21-16+;20-15+;17-9+;16-11+;;;;;;/t20-,22-,23+,28-;19-,21-,22+,27-;16-,18-,19+,21-;15-,17-,18+,20-;13-,14-,15+,16+,18-;;;;;/m11111...../s1. The predicted molar refractivity (Wildman–Crippen MR) is 582 cm³/mol. The quantitative estimate of drug-likeness (QED) is 0.0249. The predicted octanol–water partition coefficient (Wildman–Crippen LogP) is 31.8. The van der Waals surface area contributed by atoms with Crippen LogP contribution in [0.2, 0.25) is 0 Å². The summed E-state index contributed by atoms with van der Waals surface area (Å²) >= 11 is 2.57. The summed E-state index contributed by atoms with van der Waals surface area (Å²) in [5, 5.41) is 59.3. The highest BCUT2D eigenvalue weighted by atomic mass is 32.2. The Morgan fingerprint density at radius 1 is 0.401 bits per heavy atom. The van der Waals surface area contributed by atoms with Gasteiger partial charge in [0.2, 0.25) is 28.4 Å². The van der Waals surface area contributed by atoms with Crippen molar-refractivity contribution < 1.29 is 57.1 Å². The van der Waals surface area contributed by atoms with E-state index in [1.807, 2.05) is 110 Å². The maximum Gasteiger partial charge on any atom is 0.373 e. The van der Waals surface area contributed by atoms with E-state index in [0.717, 1.165) is 151 Å². The van der Waals surface area contributed by atoms with Gasteiger partial charge in [0.1, 0.15) is 0 Å². The summed E-state index contributed by atoms with van der Waals surface area (Å²) in [6.45, 7) is 49.4. The number of benzene rings is 2. The second-order valence-electron chi connectivity index (χ2n) is 49.5. The van der Waals surface area contributed by atoms with E-state index in [0.29, 0.717) is 62.6 Å². The van der Waals surface area contributed by atoms with E-state index < -0.39 is 42.1 Å². The Balaban J connectivity index is 0.000000302. The molecule has 0 unspecified atom stereocenters. The molecule has 21 atom stereocenters. The van der Waals surface area contributed by atoms with Crippen molar-refractivity contribution in [3.8, 4) is 0 Å². The van der Waals surface area contributed by atoms with Crippen LogP contribution in [0, 0.1) is 121 Å². The van der Waals surface area contributed by atoms with Gasteiger partial charge in [0.15, 0.2) is 0 Å². The lowest BCUT2D eigenvalue weighted by molar-refractivity contribution is -0.191. The van der Waals surface area contributed by atoms with Crippen LogP contribution < -0.4 is 0 Å². The molecule has 10 fully saturated rings. The van der Waals surface area contributed by atoms with E-state index in [9.17, 15) is 47.5 Å².